The highest BCUT2D eigenvalue weighted by molar-refractivity contribution is 6.03. The molecule has 2 amide bonds. The summed E-state index contributed by atoms with van der Waals surface area (Å²) in [6.45, 7) is 3.96. The van der Waals surface area contributed by atoms with Crippen LogP contribution in [0.5, 0.6) is 0 Å². The number of anilines is 2. The Morgan fingerprint density at radius 3 is 2.48 bits per heavy atom. The Labute approximate surface area is 183 Å². The molecule has 31 heavy (non-hydrogen) atoms. The lowest BCUT2D eigenvalue weighted by molar-refractivity contribution is -0.117. The Hall–Kier alpha value is -2.83. The van der Waals surface area contributed by atoms with E-state index in [0.717, 1.165) is 48.2 Å². The maximum Gasteiger partial charge on any atom is 0.414 e. The maximum absolute atomic E-state index is 13.1. The SMILES string of the molecule is CC(=O)N1c2ccc(-c3cnn(C4CCC4)c3)cc2N(C(=O)OC2CCCC2)C[C@@H]1C. The lowest BCUT2D eigenvalue weighted by Crippen LogP contribution is -2.51. The van der Waals surface area contributed by atoms with Gasteiger partial charge >= 0.3 is 6.09 Å². The first-order chi connectivity index (χ1) is 15.0. The summed E-state index contributed by atoms with van der Waals surface area (Å²) in [6.07, 6.45) is 11.4. The van der Waals surface area contributed by atoms with Crippen molar-refractivity contribution in [2.75, 3.05) is 16.3 Å². The minimum Gasteiger partial charge on any atom is -0.446 e. The third-order valence-corrected chi connectivity index (χ3v) is 6.93. The van der Waals surface area contributed by atoms with Gasteiger partial charge in [0, 0.05) is 25.2 Å². The first-order valence-electron chi connectivity index (χ1n) is 11.5. The minimum absolute atomic E-state index is 0.000911. The molecule has 2 fully saturated rings. The summed E-state index contributed by atoms with van der Waals surface area (Å²) in [5.74, 6) is -0.0249. The molecular formula is C24H30N4O3. The van der Waals surface area contributed by atoms with E-state index in [1.807, 2.05) is 36.0 Å². The van der Waals surface area contributed by atoms with Gasteiger partial charge in [-0.05, 0) is 69.6 Å². The van der Waals surface area contributed by atoms with Crippen LogP contribution in [0.3, 0.4) is 0 Å². The van der Waals surface area contributed by atoms with Gasteiger partial charge in [0.25, 0.3) is 0 Å². The average molecular weight is 423 g/mol. The van der Waals surface area contributed by atoms with E-state index in [2.05, 4.69) is 11.3 Å². The summed E-state index contributed by atoms with van der Waals surface area (Å²) in [4.78, 5) is 29.0. The Morgan fingerprint density at radius 2 is 1.81 bits per heavy atom. The van der Waals surface area contributed by atoms with Crippen LogP contribution in [0, 0.1) is 0 Å². The zero-order valence-corrected chi connectivity index (χ0v) is 18.3. The molecule has 0 N–H and O–H groups in total. The fourth-order valence-electron chi connectivity index (χ4n) is 5.01. The van der Waals surface area contributed by atoms with Gasteiger partial charge in [0.05, 0.1) is 29.7 Å². The van der Waals surface area contributed by atoms with Gasteiger partial charge in [-0.3, -0.25) is 14.4 Å². The summed E-state index contributed by atoms with van der Waals surface area (Å²) >= 11 is 0. The number of fused-ring (bicyclic) bond motifs is 1. The number of hydrogen-bond donors (Lipinski definition) is 0. The summed E-state index contributed by atoms with van der Waals surface area (Å²) in [5.41, 5.74) is 3.49. The van der Waals surface area contributed by atoms with Crippen LogP contribution < -0.4 is 9.80 Å². The number of aromatic nitrogens is 2. The molecule has 1 atom stereocenters. The van der Waals surface area contributed by atoms with E-state index in [1.54, 1.807) is 16.7 Å². The van der Waals surface area contributed by atoms with Gasteiger partial charge < -0.3 is 9.64 Å². The van der Waals surface area contributed by atoms with Crippen molar-refractivity contribution in [1.29, 1.82) is 0 Å². The van der Waals surface area contributed by atoms with Crippen LogP contribution in [0.4, 0.5) is 16.2 Å². The van der Waals surface area contributed by atoms with Crippen LogP contribution >= 0.6 is 0 Å². The summed E-state index contributed by atoms with van der Waals surface area (Å²) in [5, 5.41) is 4.55. The van der Waals surface area contributed by atoms with E-state index in [4.69, 9.17) is 4.74 Å². The summed E-state index contributed by atoms with van der Waals surface area (Å²) in [7, 11) is 0. The fraction of sp³-hybridized carbons (Fsp3) is 0.542. The number of amides is 2. The van der Waals surface area contributed by atoms with Crippen molar-refractivity contribution in [2.24, 2.45) is 0 Å². The van der Waals surface area contributed by atoms with Gasteiger partial charge in [-0.1, -0.05) is 6.07 Å². The molecular weight excluding hydrogens is 392 g/mol. The van der Waals surface area contributed by atoms with Gasteiger partial charge in [-0.2, -0.15) is 5.10 Å². The molecule has 164 valence electrons. The van der Waals surface area contributed by atoms with Crippen LogP contribution in [0.15, 0.2) is 30.6 Å². The molecule has 0 radical (unpaired) electrons. The molecule has 3 aliphatic rings. The number of hydrogen-bond acceptors (Lipinski definition) is 4. The van der Waals surface area contributed by atoms with Crippen LogP contribution in [0.2, 0.25) is 0 Å². The molecule has 0 bridgehead atoms. The van der Waals surface area contributed by atoms with E-state index >= 15 is 0 Å². The van der Waals surface area contributed by atoms with E-state index in [-0.39, 0.29) is 24.1 Å². The van der Waals surface area contributed by atoms with Gasteiger partial charge in [-0.15, -0.1) is 0 Å². The molecule has 1 aliphatic heterocycles. The maximum atomic E-state index is 13.1. The molecule has 2 aromatic rings. The van der Waals surface area contributed by atoms with Crippen molar-refractivity contribution in [3.8, 4) is 11.1 Å². The zero-order chi connectivity index (χ0) is 21.5. The second-order valence-electron chi connectivity index (χ2n) is 9.14. The Bertz CT molecular complexity index is 990. The number of benzene rings is 1. The lowest BCUT2D eigenvalue weighted by atomic mass is 9.93. The van der Waals surface area contributed by atoms with Gasteiger partial charge in [-0.25, -0.2) is 4.79 Å². The normalized spacial score (nSPS) is 21.7. The Morgan fingerprint density at radius 1 is 1.03 bits per heavy atom. The Kier molecular flexibility index (Phi) is 5.20. The molecule has 5 rings (SSSR count). The zero-order valence-electron chi connectivity index (χ0n) is 18.3. The number of carbonyl (C=O) groups excluding carboxylic acids is 2. The molecule has 0 saturated heterocycles. The van der Waals surface area contributed by atoms with Crippen molar-refractivity contribution in [3.63, 3.8) is 0 Å². The van der Waals surface area contributed by atoms with Crippen molar-refractivity contribution in [2.45, 2.75) is 77.0 Å². The van der Waals surface area contributed by atoms with Crippen molar-refractivity contribution in [3.05, 3.63) is 30.6 Å². The summed E-state index contributed by atoms with van der Waals surface area (Å²) in [6, 6.07) is 6.33. The third kappa shape index (κ3) is 3.70. The molecule has 0 spiro atoms. The first-order valence-corrected chi connectivity index (χ1v) is 11.5. The van der Waals surface area contributed by atoms with Crippen LogP contribution in [0.25, 0.3) is 11.1 Å². The highest BCUT2D eigenvalue weighted by Gasteiger charge is 2.35. The van der Waals surface area contributed by atoms with E-state index in [0.29, 0.717) is 12.6 Å². The van der Waals surface area contributed by atoms with Gasteiger partial charge in [0.15, 0.2) is 0 Å². The van der Waals surface area contributed by atoms with E-state index in [9.17, 15) is 9.59 Å². The lowest BCUT2D eigenvalue weighted by Gasteiger charge is -2.40. The predicted molar refractivity (Wildman–Crippen MR) is 119 cm³/mol. The first kappa shape index (κ1) is 20.1. The number of ether oxygens (including phenoxy) is 1. The second-order valence-corrected chi connectivity index (χ2v) is 9.14. The summed E-state index contributed by atoms with van der Waals surface area (Å²) < 4.78 is 7.87. The smallest absolute Gasteiger partial charge is 0.414 e. The number of carbonyl (C=O) groups is 2. The highest BCUT2D eigenvalue weighted by Crippen LogP contribution is 2.40. The monoisotopic (exact) mass is 422 g/mol. The second kappa shape index (κ2) is 8.02. The van der Waals surface area contributed by atoms with E-state index < -0.39 is 0 Å². The quantitative estimate of drug-likeness (QED) is 0.704. The standard InChI is InChI=1S/C24H30N4O3/c1-16-14-26(24(30)31-21-8-3-4-9-21)23-12-18(10-11-22(23)28(16)17(2)29)19-13-25-27(15-19)20-6-5-7-20/h10-13,15-16,20-21H,3-9,14H2,1-2H3/t16-/m0/s1. The molecule has 2 heterocycles. The largest absolute Gasteiger partial charge is 0.446 e. The molecule has 2 aliphatic carbocycles. The van der Waals surface area contributed by atoms with Crippen LogP contribution in [0.1, 0.15) is 64.8 Å². The molecule has 7 heteroatoms. The van der Waals surface area contributed by atoms with Crippen LogP contribution in [-0.2, 0) is 9.53 Å². The fourth-order valence-corrected chi connectivity index (χ4v) is 5.01. The highest BCUT2D eigenvalue weighted by atomic mass is 16.6. The molecule has 7 nitrogen and oxygen atoms in total. The van der Waals surface area contributed by atoms with Crippen molar-refractivity contribution in [1.82, 2.24) is 9.78 Å². The van der Waals surface area contributed by atoms with E-state index in [1.165, 1.54) is 19.3 Å². The Balaban J connectivity index is 1.49. The molecule has 0 unspecified atom stereocenters. The van der Waals surface area contributed by atoms with Gasteiger partial charge in [0.2, 0.25) is 5.91 Å². The van der Waals surface area contributed by atoms with Crippen LogP contribution in [-0.4, -0.2) is 40.5 Å². The average Bonchev–Trinajstić information content (AvgIpc) is 3.37. The topological polar surface area (TPSA) is 67.7 Å². The number of nitrogens with zero attached hydrogens (tertiary/aromatic N) is 4. The van der Waals surface area contributed by atoms with Crippen molar-refractivity contribution >= 4 is 23.4 Å². The third-order valence-electron chi connectivity index (χ3n) is 6.93. The molecule has 1 aromatic carbocycles. The van der Waals surface area contributed by atoms with Gasteiger partial charge in [0.1, 0.15) is 6.10 Å². The molecule has 2 saturated carbocycles. The van der Waals surface area contributed by atoms with Crippen molar-refractivity contribution < 1.29 is 14.3 Å². The minimum atomic E-state index is -0.314. The number of rotatable bonds is 3. The molecule has 1 aromatic heterocycles. The predicted octanol–water partition coefficient (Wildman–Crippen LogP) is 4.92.